The first-order valence-corrected chi connectivity index (χ1v) is 28.2. The van der Waals surface area contributed by atoms with Gasteiger partial charge in [0.15, 0.2) is 29.0 Å². The van der Waals surface area contributed by atoms with E-state index >= 15 is 8.78 Å². The fourth-order valence-corrected chi connectivity index (χ4v) is 13.7. The van der Waals surface area contributed by atoms with E-state index in [1.165, 1.54) is 5.01 Å². The molecule has 19 heteroatoms. The molecular formula is C50H64F2N4O9S4. The summed E-state index contributed by atoms with van der Waals surface area (Å²) in [5.41, 5.74) is 1.87. The molecule has 376 valence electrons. The number of thioether (sulfide) groups is 3. The minimum absolute atomic E-state index is 0.144. The molecule has 5 heterocycles. The largest absolute Gasteiger partial charge is 0.370 e. The van der Waals surface area contributed by atoms with Crippen LogP contribution < -0.4 is 9.91 Å². The average Bonchev–Trinajstić information content (AvgIpc) is 3.75. The fourth-order valence-electron chi connectivity index (χ4n) is 8.52. The van der Waals surface area contributed by atoms with Gasteiger partial charge in [0, 0.05) is 76.0 Å². The van der Waals surface area contributed by atoms with E-state index in [1.807, 2.05) is 87.2 Å². The van der Waals surface area contributed by atoms with Crippen molar-refractivity contribution in [1.29, 1.82) is 5.26 Å². The van der Waals surface area contributed by atoms with Crippen molar-refractivity contribution in [3.63, 3.8) is 0 Å². The zero-order valence-corrected chi connectivity index (χ0v) is 43.8. The number of halogens is 2. The summed E-state index contributed by atoms with van der Waals surface area (Å²) in [6, 6.07) is 17.9. The SMILES string of the molecule is CC1(COS(=O)(=O)c2cc(F)c(N3N=C(c4ccc(C#N)cc4)CC3c3ccc(N4CCSCC5(COC(C)(C)OC5)CSCC5(COC(C)(C)OC5)CSCC4)cc3)c(F)c2)COC(C)(C)OC1. The summed E-state index contributed by atoms with van der Waals surface area (Å²) in [6.07, 6.45) is 0.279. The number of nitrogens with zero attached hydrogens (tertiary/aromatic N) is 4. The van der Waals surface area contributed by atoms with Gasteiger partial charge in [0.25, 0.3) is 10.1 Å². The highest BCUT2D eigenvalue weighted by molar-refractivity contribution is 8.00. The quantitative estimate of drug-likeness (QED) is 0.198. The first-order chi connectivity index (χ1) is 32.6. The molecule has 0 aromatic heterocycles. The number of benzene rings is 3. The number of hydrazone groups is 1. The van der Waals surface area contributed by atoms with Gasteiger partial charge in [-0.25, -0.2) is 8.78 Å². The van der Waals surface area contributed by atoms with Gasteiger partial charge in [-0.05, 0) is 89.1 Å². The smallest absolute Gasteiger partial charge is 0.297 e. The van der Waals surface area contributed by atoms with E-state index in [1.54, 1.807) is 45.0 Å². The maximum Gasteiger partial charge on any atom is 0.297 e. The van der Waals surface area contributed by atoms with Crippen LogP contribution in [0.25, 0.3) is 0 Å². The van der Waals surface area contributed by atoms with Gasteiger partial charge in [-0.15, -0.1) is 0 Å². The van der Waals surface area contributed by atoms with Crippen LogP contribution in [0.1, 0.15) is 77.6 Å². The maximum absolute atomic E-state index is 16.4. The minimum atomic E-state index is -4.60. The predicted molar refractivity (Wildman–Crippen MR) is 269 cm³/mol. The van der Waals surface area contributed by atoms with Gasteiger partial charge in [0.1, 0.15) is 10.6 Å². The van der Waals surface area contributed by atoms with Crippen LogP contribution >= 0.6 is 35.3 Å². The van der Waals surface area contributed by atoms with Gasteiger partial charge < -0.3 is 33.3 Å². The summed E-state index contributed by atoms with van der Waals surface area (Å²) in [5.74, 6) is 1.07. The predicted octanol–water partition coefficient (Wildman–Crippen LogP) is 9.24. The van der Waals surface area contributed by atoms with Gasteiger partial charge in [0.2, 0.25) is 0 Å². The topological polar surface area (TPSA) is 141 Å². The van der Waals surface area contributed by atoms with E-state index in [9.17, 15) is 13.7 Å². The van der Waals surface area contributed by atoms with Crippen molar-refractivity contribution in [2.24, 2.45) is 21.3 Å². The number of hydrogen-bond donors (Lipinski definition) is 0. The molecule has 0 saturated carbocycles. The zero-order chi connectivity index (χ0) is 49.3. The highest BCUT2D eigenvalue weighted by Crippen LogP contribution is 2.43. The summed E-state index contributed by atoms with van der Waals surface area (Å²) in [6.45, 7) is 17.2. The summed E-state index contributed by atoms with van der Waals surface area (Å²) in [5, 5.41) is 15.5. The highest BCUT2D eigenvalue weighted by atomic mass is 32.2. The third kappa shape index (κ3) is 12.8. The van der Waals surface area contributed by atoms with E-state index in [-0.39, 0.29) is 37.1 Å². The molecule has 0 radical (unpaired) electrons. The Balaban J connectivity index is 1.03. The second-order valence-electron chi connectivity index (χ2n) is 20.7. The monoisotopic (exact) mass is 1030 g/mol. The number of ether oxygens (including phenoxy) is 6. The Morgan fingerprint density at radius 3 is 1.68 bits per heavy atom. The molecule has 3 aromatic rings. The third-order valence-electron chi connectivity index (χ3n) is 13.1. The standard InChI is InChI=1S/C50H64F2N4O9S4/c1-45(2)59-24-48(7,25-60-45)26-65-69(57,58)39-20-40(51)44(41(52)21-39)56-43(22-42(54-56)36-10-8-35(23-53)9-11-36)37-12-14-38(15-13-37)55-16-18-66-31-49(27-61-46(3,4)62-28-49)33-68-34-50(32-67-19-17-55)29-63-47(5,6)64-30-50/h8-15,20-21,43H,16-19,22,24-34H2,1-7H3. The Hall–Kier alpha value is -3.00. The van der Waals surface area contributed by atoms with Gasteiger partial charge >= 0.3 is 0 Å². The molecule has 0 amide bonds. The van der Waals surface area contributed by atoms with Crippen molar-refractivity contribution in [3.05, 3.63) is 89.0 Å². The molecule has 2 spiro atoms. The van der Waals surface area contributed by atoms with Gasteiger partial charge in [-0.2, -0.15) is 54.1 Å². The molecule has 3 aromatic carbocycles. The first kappa shape index (κ1) is 52.3. The lowest BCUT2D eigenvalue weighted by molar-refractivity contribution is -0.285. The lowest BCUT2D eigenvalue weighted by Crippen LogP contribution is -2.51. The molecule has 1 atom stereocenters. The fraction of sp³-hybridized carbons (Fsp3) is 0.600. The van der Waals surface area contributed by atoms with Gasteiger partial charge in [0.05, 0.1) is 69.6 Å². The Kier molecular flexibility index (Phi) is 15.8. The van der Waals surface area contributed by atoms with Crippen molar-refractivity contribution >= 4 is 62.5 Å². The number of hydrogen-bond acceptors (Lipinski definition) is 16. The zero-order valence-electron chi connectivity index (χ0n) is 40.5. The molecule has 4 fully saturated rings. The van der Waals surface area contributed by atoms with Crippen molar-refractivity contribution in [2.45, 2.75) is 83.2 Å². The number of rotatable bonds is 8. The first-order valence-electron chi connectivity index (χ1n) is 23.3. The summed E-state index contributed by atoms with van der Waals surface area (Å²) >= 11 is 5.77. The van der Waals surface area contributed by atoms with Crippen LogP contribution in [0, 0.1) is 39.2 Å². The molecule has 13 nitrogen and oxygen atoms in total. The maximum atomic E-state index is 16.4. The van der Waals surface area contributed by atoms with E-state index in [4.69, 9.17) is 37.7 Å². The molecule has 8 rings (SSSR count). The molecule has 0 N–H and O–H groups in total. The van der Waals surface area contributed by atoms with Crippen LogP contribution in [0.3, 0.4) is 0 Å². The Labute approximate surface area is 418 Å². The normalized spacial score (nSPS) is 24.9. The Bertz CT molecular complexity index is 2390. The lowest BCUT2D eigenvalue weighted by atomic mass is 9.93. The van der Waals surface area contributed by atoms with Crippen molar-refractivity contribution < 1.29 is 49.8 Å². The molecule has 5 aliphatic heterocycles. The molecule has 1 unspecified atom stereocenters. The van der Waals surface area contributed by atoms with Crippen molar-refractivity contribution in [1.82, 2.24) is 0 Å². The number of anilines is 2. The van der Waals surface area contributed by atoms with Crippen LogP contribution in [0.2, 0.25) is 0 Å². The van der Waals surface area contributed by atoms with E-state index in [2.05, 4.69) is 11.0 Å². The molecule has 0 bridgehead atoms. The lowest BCUT2D eigenvalue weighted by Gasteiger charge is -2.45. The van der Waals surface area contributed by atoms with Crippen molar-refractivity contribution in [3.8, 4) is 6.07 Å². The molecule has 4 saturated heterocycles. The second kappa shape index (κ2) is 20.9. The number of nitriles is 1. The molecule has 5 aliphatic rings. The summed E-state index contributed by atoms with van der Waals surface area (Å²) < 4.78 is 102. The van der Waals surface area contributed by atoms with Gasteiger partial charge in [-0.1, -0.05) is 31.2 Å². The Morgan fingerprint density at radius 2 is 1.19 bits per heavy atom. The minimum Gasteiger partial charge on any atom is -0.370 e. The molecule has 69 heavy (non-hydrogen) atoms. The molecular weight excluding hydrogens is 967 g/mol. The third-order valence-corrected chi connectivity index (χ3v) is 18.5. The van der Waals surface area contributed by atoms with Crippen LogP contribution in [-0.4, -0.2) is 125 Å². The Morgan fingerprint density at radius 1 is 0.710 bits per heavy atom. The average molecular weight is 1030 g/mol. The van der Waals surface area contributed by atoms with E-state index in [0.717, 1.165) is 71.0 Å². The summed E-state index contributed by atoms with van der Waals surface area (Å²) in [4.78, 5) is 1.73. The highest BCUT2D eigenvalue weighted by Gasteiger charge is 2.44. The van der Waals surface area contributed by atoms with Crippen LogP contribution in [0.5, 0.6) is 0 Å². The van der Waals surface area contributed by atoms with Crippen LogP contribution in [-0.2, 0) is 42.7 Å². The van der Waals surface area contributed by atoms with E-state index in [0.29, 0.717) is 43.3 Å². The van der Waals surface area contributed by atoms with Gasteiger partial charge in [-0.3, -0.25) is 9.19 Å². The van der Waals surface area contributed by atoms with Crippen LogP contribution in [0.15, 0.2) is 70.7 Å². The van der Waals surface area contributed by atoms with Crippen molar-refractivity contribution in [2.75, 3.05) is 104 Å². The van der Waals surface area contributed by atoms with Crippen LogP contribution in [0.4, 0.5) is 20.2 Å². The summed E-state index contributed by atoms with van der Waals surface area (Å²) in [7, 11) is -4.60. The van der Waals surface area contributed by atoms with E-state index < -0.39 is 61.2 Å². The molecule has 0 aliphatic carbocycles. The second-order valence-corrected chi connectivity index (χ2v) is 25.5.